The molecule has 0 spiro atoms. The molecule has 1 saturated heterocycles. The minimum absolute atomic E-state index is 0.106. The van der Waals surface area contributed by atoms with Crippen molar-refractivity contribution in [2.24, 2.45) is 0 Å². The molecule has 3 rings (SSSR count). The van der Waals surface area contributed by atoms with Gasteiger partial charge in [0, 0.05) is 18.7 Å². The van der Waals surface area contributed by atoms with E-state index in [1.807, 2.05) is 12.1 Å². The first kappa shape index (κ1) is 18.0. The molecule has 0 radical (unpaired) electrons. The fraction of sp³-hybridized carbons (Fsp3) is 0.368. The van der Waals surface area contributed by atoms with Crippen LogP contribution in [-0.2, 0) is 14.8 Å². The highest BCUT2D eigenvalue weighted by Crippen LogP contribution is 2.28. The van der Waals surface area contributed by atoms with E-state index in [-0.39, 0.29) is 30.4 Å². The van der Waals surface area contributed by atoms with Gasteiger partial charge in [0.15, 0.2) is 0 Å². The van der Waals surface area contributed by atoms with Crippen molar-refractivity contribution in [2.45, 2.75) is 30.8 Å². The number of halogens is 1. The molecular formula is C19H22FNO3S. The highest BCUT2D eigenvalue weighted by atomic mass is 32.2. The van der Waals surface area contributed by atoms with Crippen LogP contribution in [0.15, 0.2) is 53.4 Å². The topological polar surface area (TPSA) is 46.6 Å². The smallest absolute Gasteiger partial charge is 0.243 e. The summed E-state index contributed by atoms with van der Waals surface area (Å²) in [6, 6.07) is 13.3. The Labute approximate surface area is 148 Å². The zero-order chi connectivity index (χ0) is 18.0. The van der Waals surface area contributed by atoms with Crippen molar-refractivity contribution in [3.05, 3.63) is 65.5 Å². The Bertz CT molecular complexity index is 834. The normalized spacial score (nSPS) is 19.3. The van der Waals surface area contributed by atoms with Crippen molar-refractivity contribution < 1.29 is 17.5 Å². The van der Waals surface area contributed by atoms with Crippen molar-refractivity contribution >= 4 is 10.0 Å². The average molecular weight is 363 g/mol. The Morgan fingerprint density at radius 1 is 1.12 bits per heavy atom. The first-order chi connectivity index (χ1) is 11.9. The lowest BCUT2D eigenvalue weighted by atomic mass is 10.0. The van der Waals surface area contributed by atoms with Crippen molar-refractivity contribution in [2.75, 3.05) is 19.7 Å². The number of morpholine rings is 1. The standard InChI is InChI=1S/C19H22FNO3S/c1-14(2)15-7-9-16(10-8-15)25(22,23)21-11-12-24-19(13-21)17-5-3-4-6-18(17)20/h3-10,14,19H,11-13H2,1-2H3. The molecule has 2 aromatic rings. The van der Waals surface area contributed by atoms with Crippen molar-refractivity contribution in [3.8, 4) is 0 Å². The van der Waals surface area contributed by atoms with E-state index >= 15 is 0 Å². The van der Waals surface area contributed by atoms with E-state index in [9.17, 15) is 12.8 Å². The Morgan fingerprint density at radius 3 is 2.44 bits per heavy atom. The maximum absolute atomic E-state index is 14.0. The number of nitrogens with zero attached hydrogens (tertiary/aromatic N) is 1. The van der Waals surface area contributed by atoms with Crippen LogP contribution in [0.3, 0.4) is 0 Å². The van der Waals surface area contributed by atoms with Gasteiger partial charge in [0.1, 0.15) is 5.82 Å². The van der Waals surface area contributed by atoms with E-state index in [0.29, 0.717) is 11.5 Å². The van der Waals surface area contributed by atoms with E-state index in [2.05, 4.69) is 13.8 Å². The Hall–Kier alpha value is -1.76. The van der Waals surface area contributed by atoms with Crippen molar-refractivity contribution in [3.63, 3.8) is 0 Å². The molecule has 25 heavy (non-hydrogen) atoms. The van der Waals surface area contributed by atoms with Crippen LogP contribution in [0.4, 0.5) is 4.39 Å². The summed E-state index contributed by atoms with van der Waals surface area (Å²) in [7, 11) is -3.63. The van der Waals surface area contributed by atoms with Gasteiger partial charge >= 0.3 is 0 Å². The predicted molar refractivity (Wildman–Crippen MR) is 94.4 cm³/mol. The highest BCUT2D eigenvalue weighted by molar-refractivity contribution is 7.89. The molecule has 134 valence electrons. The number of ether oxygens (including phenoxy) is 1. The quantitative estimate of drug-likeness (QED) is 0.832. The second-order valence-corrected chi connectivity index (χ2v) is 8.41. The summed E-state index contributed by atoms with van der Waals surface area (Å²) < 4.78 is 46.8. The maximum atomic E-state index is 14.0. The summed E-state index contributed by atoms with van der Waals surface area (Å²) in [5.41, 5.74) is 1.47. The minimum atomic E-state index is -3.63. The lowest BCUT2D eigenvalue weighted by Gasteiger charge is -2.32. The fourth-order valence-electron chi connectivity index (χ4n) is 2.94. The molecule has 0 bridgehead atoms. The van der Waals surface area contributed by atoms with E-state index in [0.717, 1.165) is 5.56 Å². The molecule has 1 unspecified atom stereocenters. The number of benzene rings is 2. The third-order valence-electron chi connectivity index (χ3n) is 4.47. The van der Waals surface area contributed by atoms with Crippen LogP contribution in [0.1, 0.15) is 37.0 Å². The van der Waals surface area contributed by atoms with Crippen LogP contribution in [0, 0.1) is 5.82 Å². The molecule has 0 amide bonds. The third kappa shape index (κ3) is 3.76. The number of hydrogen-bond acceptors (Lipinski definition) is 3. The van der Waals surface area contributed by atoms with Gasteiger partial charge in [-0.1, -0.05) is 44.2 Å². The molecule has 1 aliphatic rings. The van der Waals surface area contributed by atoms with Gasteiger partial charge < -0.3 is 4.74 Å². The summed E-state index contributed by atoms with van der Waals surface area (Å²) in [5.74, 6) is -0.0430. The molecule has 1 fully saturated rings. The number of sulfonamides is 1. The monoisotopic (exact) mass is 363 g/mol. The third-order valence-corrected chi connectivity index (χ3v) is 6.35. The molecule has 1 heterocycles. The minimum Gasteiger partial charge on any atom is -0.371 e. The van der Waals surface area contributed by atoms with E-state index in [1.165, 1.54) is 10.4 Å². The Morgan fingerprint density at radius 2 is 1.80 bits per heavy atom. The lowest BCUT2D eigenvalue weighted by Crippen LogP contribution is -2.42. The summed E-state index contributed by atoms with van der Waals surface area (Å²) in [6.07, 6.45) is -0.598. The summed E-state index contributed by atoms with van der Waals surface area (Å²) >= 11 is 0. The summed E-state index contributed by atoms with van der Waals surface area (Å²) in [6.45, 7) is 4.73. The van der Waals surface area contributed by atoms with Crippen LogP contribution >= 0.6 is 0 Å². The average Bonchev–Trinajstić information content (AvgIpc) is 2.62. The lowest BCUT2D eigenvalue weighted by molar-refractivity contribution is -0.00442. The Balaban J connectivity index is 1.83. The van der Waals surface area contributed by atoms with Crippen LogP contribution in [0.5, 0.6) is 0 Å². The second-order valence-electron chi connectivity index (χ2n) is 6.47. The largest absolute Gasteiger partial charge is 0.371 e. The van der Waals surface area contributed by atoms with Gasteiger partial charge in [-0.05, 0) is 29.7 Å². The zero-order valence-corrected chi connectivity index (χ0v) is 15.2. The molecule has 6 heteroatoms. The zero-order valence-electron chi connectivity index (χ0n) is 14.4. The molecule has 0 aliphatic carbocycles. The molecule has 1 aliphatic heterocycles. The highest BCUT2D eigenvalue weighted by Gasteiger charge is 2.32. The van der Waals surface area contributed by atoms with Gasteiger partial charge in [0.2, 0.25) is 10.0 Å². The van der Waals surface area contributed by atoms with E-state index < -0.39 is 16.1 Å². The maximum Gasteiger partial charge on any atom is 0.243 e. The Kier molecular flexibility index (Phi) is 5.22. The van der Waals surface area contributed by atoms with Crippen LogP contribution in [0.25, 0.3) is 0 Å². The van der Waals surface area contributed by atoms with Crippen molar-refractivity contribution in [1.29, 1.82) is 0 Å². The molecule has 1 atom stereocenters. The summed E-state index contributed by atoms with van der Waals surface area (Å²) in [5, 5.41) is 0. The number of rotatable bonds is 4. The van der Waals surface area contributed by atoms with Gasteiger partial charge in [-0.25, -0.2) is 12.8 Å². The molecule has 2 aromatic carbocycles. The van der Waals surface area contributed by atoms with E-state index in [1.54, 1.807) is 30.3 Å². The van der Waals surface area contributed by atoms with Gasteiger partial charge in [0.25, 0.3) is 0 Å². The van der Waals surface area contributed by atoms with Gasteiger partial charge in [0.05, 0.1) is 17.6 Å². The van der Waals surface area contributed by atoms with Gasteiger partial charge in [-0.3, -0.25) is 0 Å². The molecular weight excluding hydrogens is 341 g/mol. The van der Waals surface area contributed by atoms with Gasteiger partial charge in [-0.15, -0.1) is 0 Å². The van der Waals surface area contributed by atoms with Crippen LogP contribution in [0.2, 0.25) is 0 Å². The van der Waals surface area contributed by atoms with Crippen molar-refractivity contribution in [1.82, 2.24) is 4.31 Å². The van der Waals surface area contributed by atoms with E-state index in [4.69, 9.17) is 4.74 Å². The predicted octanol–water partition coefficient (Wildman–Crippen LogP) is 3.71. The molecule has 0 N–H and O–H groups in total. The van der Waals surface area contributed by atoms with Gasteiger partial charge in [-0.2, -0.15) is 4.31 Å². The molecule has 0 saturated carbocycles. The molecule has 0 aromatic heterocycles. The second kappa shape index (κ2) is 7.23. The first-order valence-electron chi connectivity index (χ1n) is 8.35. The first-order valence-corrected chi connectivity index (χ1v) is 9.79. The van der Waals surface area contributed by atoms with Crippen LogP contribution < -0.4 is 0 Å². The molecule has 4 nitrogen and oxygen atoms in total. The van der Waals surface area contributed by atoms with Crippen LogP contribution in [-0.4, -0.2) is 32.4 Å². The fourth-order valence-corrected chi connectivity index (χ4v) is 4.37. The number of hydrogen-bond donors (Lipinski definition) is 0. The summed E-state index contributed by atoms with van der Waals surface area (Å²) in [4.78, 5) is 0.256. The SMILES string of the molecule is CC(C)c1ccc(S(=O)(=O)N2CCOC(c3ccccc3F)C2)cc1.